The summed E-state index contributed by atoms with van der Waals surface area (Å²) in [5.74, 6) is 0.374. The Labute approximate surface area is 139 Å². The van der Waals surface area contributed by atoms with Gasteiger partial charge in [-0.25, -0.2) is 0 Å². The van der Waals surface area contributed by atoms with Crippen molar-refractivity contribution in [3.63, 3.8) is 0 Å². The molecule has 132 valence electrons. The van der Waals surface area contributed by atoms with Crippen molar-refractivity contribution in [1.29, 1.82) is 0 Å². The van der Waals surface area contributed by atoms with E-state index in [2.05, 4.69) is 25.7 Å². The first kappa shape index (κ1) is 17.2. The predicted octanol–water partition coefficient (Wildman–Crippen LogP) is 1.79. The summed E-state index contributed by atoms with van der Waals surface area (Å²) in [6, 6.07) is -0.588. The highest BCUT2D eigenvalue weighted by Gasteiger charge is 2.73. The molecular weight excluding hydrogens is 292 g/mol. The van der Waals surface area contributed by atoms with Gasteiger partial charge in [-0.2, -0.15) is 0 Å². The molecule has 0 aromatic heterocycles. The predicted molar refractivity (Wildman–Crippen MR) is 89.0 cm³/mol. The summed E-state index contributed by atoms with van der Waals surface area (Å²) in [6.45, 7) is 12.5. The van der Waals surface area contributed by atoms with Gasteiger partial charge in [0.25, 0.3) is 0 Å². The quantitative estimate of drug-likeness (QED) is 0.799. The fraction of sp³-hybridized carbons (Fsp3) is 0.944. The fourth-order valence-electron chi connectivity index (χ4n) is 5.86. The smallest absolute Gasteiger partial charge is 0.324 e. The van der Waals surface area contributed by atoms with E-state index in [1.165, 1.54) is 6.42 Å². The van der Waals surface area contributed by atoms with Crippen molar-refractivity contribution in [3.8, 4) is 0 Å². The molecule has 0 radical (unpaired) electrons. The average molecular weight is 324 g/mol. The molecule has 2 N–H and O–H groups in total. The van der Waals surface area contributed by atoms with Crippen molar-refractivity contribution in [2.75, 3.05) is 32.9 Å². The number of carbonyl (C=O) groups excluding carboxylic acids is 1. The molecule has 23 heavy (non-hydrogen) atoms. The van der Waals surface area contributed by atoms with Crippen molar-refractivity contribution in [3.05, 3.63) is 0 Å². The highest BCUT2D eigenvalue weighted by atomic mass is 16.5. The standard InChI is InChI=1S/C18H32N2O3/c1-5-23-15(21)14(19)18(20-8-10-22-11-9-20)12-13-6-7-17(18,4)16(13,2)3/h13-14H,5-12,19H2,1-4H3/t13-,14-,17-,18+/m0/s1. The van der Waals surface area contributed by atoms with Crippen LogP contribution < -0.4 is 5.73 Å². The topological polar surface area (TPSA) is 64.8 Å². The molecular formula is C18H32N2O3. The zero-order valence-electron chi connectivity index (χ0n) is 15.1. The second kappa shape index (κ2) is 5.71. The van der Waals surface area contributed by atoms with Gasteiger partial charge < -0.3 is 15.2 Å². The van der Waals surface area contributed by atoms with E-state index in [-0.39, 0.29) is 22.3 Å². The van der Waals surface area contributed by atoms with Gasteiger partial charge in [0.1, 0.15) is 6.04 Å². The molecule has 2 aliphatic carbocycles. The van der Waals surface area contributed by atoms with Crippen LogP contribution in [0, 0.1) is 16.7 Å². The van der Waals surface area contributed by atoms with Crippen LogP contribution in [0.3, 0.4) is 0 Å². The molecule has 0 spiro atoms. The largest absolute Gasteiger partial charge is 0.465 e. The van der Waals surface area contributed by atoms with Crippen molar-refractivity contribution < 1.29 is 14.3 Å². The van der Waals surface area contributed by atoms with Crippen LogP contribution in [-0.4, -0.2) is 55.4 Å². The number of carbonyl (C=O) groups is 1. The molecule has 3 rings (SSSR count). The van der Waals surface area contributed by atoms with Crippen LogP contribution in [0.4, 0.5) is 0 Å². The number of rotatable bonds is 4. The molecule has 0 unspecified atom stereocenters. The Balaban J connectivity index is 2.03. The molecule has 3 fully saturated rings. The van der Waals surface area contributed by atoms with Gasteiger partial charge >= 0.3 is 5.97 Å². The first-order chi connectivity index (χ1) is 10.8. The van der Waals surface area contributed by atoms with E-state index >= 15 is 0 Å². The van der Waals surface area contributed by atoms with Gasteiger partial charge in [-0.15, -0.1) is 0 Å². The summed E-state index contributed by atoms with van der Waals surface area (Å²) in [7, 11) is 0. The normalized spacial score (nSPS) is 41.0. The summed E-state index contributed by atoms with van der Waals surface area (Å²) in [5.41, 5.74) is 6.51. The van der Waals surface area contributed by atoms with E-state index in [4.69, 9.17) is 15.2 Å². The Kier molecular flexibility index (Phi) is 4.27. The van der Waals surface area contributed by atoms with Crippen LogP contribution in [0.1, 0.15) is 47.0 Å². The number of morpholine rings is 1. The number of nitrogens with zero attached hydrogens (tertiary/aromatic N) is 1. The summed E-state index contributed by atoms with van der Waals surface area (Å²) in [4.78, 5) is 15.1. The second-order valence-corrected chi connectivity index (χ2v) is 8.25. The van der Waals surface area contributed by atoms with Gasteiger partial charge in [0, 0.05) is 13.1 Å². The summed E-state index contributed by atoms with van der Waals surface area (Å²) in [5, 5.41) is 0. The number of ether oxygens (including phenoxy) is 2. The first-order valence-electron chi connectivity index (χ1n) is 9.06. The Morgan fingerprint density at radius 3 is 2.48 bits per heavy atom. The molecule has 0 amide bonds. The zero-order valence-corrected chi connectivity index (χ0v) is 15.1. The maximum atomic E-state index is 12.6. The second-order valence-electron chi connectivity index (χ2n) is 8.25. The van der Waals surface area contributed by atoms with Crippen molar-refractivity contribution in [2.45, 2.75) is 58.5 Å². The minimum atomic E-state index is -0.588. The Morgan fingerprint density at radius 2 is 2.00 bits per heavy atom. The molecule has 2 saturated carbocycles. The number of nitrogens with two attached hydrogens (primary N) is 1. The highest BCUT2D eigenvalue weighted by molar-refractivity contribution is 5.78. The first-order valence-corrected chi connectivity index (χ1v) is 9.06. The van der Waals surface area contributed by atoms with Crippen LogP contribution in [0.5, 0.6) is 0 Å². The van der Waals surface area contributed by atoms with Crippen LogP contribution in [0.2, 0.25) is 0 Å². The molecule has 1 saturated heterocycles. The van der Waals surface area contributed by atoms with Gasteiger partial charge in [0.2, 0.25) is 0 Å². The lowest BCUT2D eigenvalue weighted by Crippen LogP contribution is -2.71. The Bertz CT molecular complexity index is 475. The van der Waals surface area contributed by atoms with Crippen molar-refractivity contribution in [1.82, 2.24) is 4.90 Å². The van der Waals surface area contributed by atoms with Crippen molar-refractivity contribution >= 4 is 5.97 Å². The molecule has 0 aromatic carbocycles. The van der Waals surface area contributed by atoms with Gasteiger partial charge in [0.05, 0.1) is 25.4 Å². The van der Waals surface area contributed by atoms with Crippen LogP contribution >= 0.6 is 0 Å². The minimum absolute atomic E-state index is 0.0220. The van der Waals surface area contributed by atoms with Crippen LogP contribution in [0.25, 0.3) is 0 Å². The molecule has 2 bridgehead atoms. The van der Waals surface area contributed by atoms with Gasteiger partial charge in [-0.1, -0.05) is 20.8 Å². The van der Waals surface area contributed by atoms with Crippen molar-refractivity contribution in [2.24, 2.45) is 22.5 Å². The maximum absolute atomic E-state index is 12.6. The lowest BCUT2D eigenvalue weighted by Gasteiger charge is -2.57. The molecule has 1 heterocycles. The summed E-state index contributed by atoms with van der Waals surface area (Å²) >= 11 is 0. The number of hydrogen-bond acceptors (Lipinski definition) is 5. The SMILES string of the molecule is CCOC(=O)[C@H](N)[C@]1(N2CCOCC2)C[C@@H]2CC[C@@]1(C)C2(C)C. The highest BCUT2D eigenvalue weighted by Crippen LogP contribution is 2.71. The zero-order chi connectivity index (χ0) is 16.9. The third kappa shape index (κ3) is 2.12. The summed E-state index contributed by atoms with van der Waals surface area (Å²) < 4.78 is 10.9. The number of esters is 1. The molecule has 1 aliphatic heterocycles. The van der Waals surface area contributed by atoms with Gasteiger partial charge in [-0.3, -0.25) is 9.69 Å². The number of hydrogen-bond donors (Lipinski definition) is 1. The molecule has 4 atom stereocenters. The van der Waals surface area contributed by atoms with E-state index in [1.54, 1.807) is 0 Å². The molecule has 3 aliphatic rings. The van der Waals surface area contributed by atoms with E-state index in [0.717, 1.165) is 39.1 Å². The summed E-state index contributed by atoms with van der Waals surface area (Å²) in [6.07, 6.45) is 3.37. The third-order valence-electron chi connectivity index (χ3n) is 7.58. The van der Waals surface area contributed by atoms with E-state index < -0.39 is 6.04 Å². The monoisotopic (exact) mass is 324 g/mol. The lowest BCUT2D eigenvalue weighted by atomic mass is 9.59. The number of fused-ring (bicyclic) bond motifs is 2. The Hall–Kier alpha value is -0.650. The molecule has 0 aromatic rings. The Morgan fingerprint density at radius 1 is 1.35 bits per heavy atom. The third-order valence-corrected chi connectivity index (χ3v) is 7.58. The van der Waals surface area contributed by atoms with Gasteiger partial charge in [0.15, 0.2) is 0 Å². The average Bonchev–Trinajstić information content (AvgIpc) is 2.87. The minimum Gasteiger partial charge on any atom is -0.465 e. The van der Waals surface area contributed by atoms with E-state index in [1.807, 2.05) is 6.92 Å². The molecule has 5 heteroatoms. The van der Waals surface area contributed by atoms with E-state index in [9.17, 15) is 4.79 Å². The fourth-order valence-corrected chi connectivity index (χ4v) is 5.86. The van der Waals surface area contributed by atoms with Crippen LogP contribution in [0.15, 0.2) is 0 Å². The van der Waals surface area contributed by atoms with Gasteiger partial charge in [-0.05, 0) is 42.9 Å². The van der Waals surface area contributed by atoms with E-state index in [0.29, 0.717) is 12.5 Å². The lowest BCUT2D eigenvalue weighted by molar-refractivity contribution is -0.159. The van der Waals surface area contributed by atoms with Crippen LogP contribution in [-0.2, 0) is 14.3 Å². The maximum Gasteiger partial charge on any atom is 0.324 e. The molecule has 5 nitrogen and oxygen atoms in total.